The molecule has 2 saturated heterocycles. The number of halogens is 2. The van der Waals surface area contributed by atoms with E-state index in [9.17, 15) is 9.59 Å². The van der Waals surface area contributed by atoms with E-state index in [0.717, 1.165) is 67.5 Å². The molecule has 0 aromatic heterocycles. The number of nitrogens with one attached hydrogen (secondary N) is 1. The van der Waals surface area contributed by atoms with E-state index in [4.69, 9.17) is 17.3 Å². The Labute approximate surface area is 222 Å². The maximum atomic E-state index is 12.1. The summed E-state index contributed by atoms with van der Waals surface area (Å²) < 4.78 is 1.13. The van der Waals surface area contributed by atoms with Crippen LogP contribution in [-0.4, -0.2) is 54.0 Å². The molecule has 8 heteroatoms. The average molecular weight is 564 g/mol. The Balaban J connectivity index is 0.000000165. The van der Waals surface area contributed by atoms with Gasteiger partial charge in [-0.25, -0.2) is 4.79 Å². The van der Waals surface area contributed by atoms with Crippen molar-refractivity contribution >= 4 is 39.5 Å². The second-order valence-corrected chi connectivity index (χ2v) is 11.4. The molecule has 3 heterocycles. The normalized spacial score (nSPS) is 22.3. The van der Waals surface area contributed by atoms with Crippen molar-refractivity contribution in [3.05, 3.63) is 56.7 Å². The zero-order valence-electron chi connectivity index (χ0n) is 20.3. The lowest BCUT2D eigenvalue weighted by Gasteiger charge is -2.32. The smallest absolute Gasteiger partial charge is 0.314 e. The Bertz CT molecular complexity index is 981. The summed E-state index contributed by atoms with van der Waals surface area (Å²) in [6, 6.07) is 6.37. The summed E-state index contributed by atoms with van der Waals surface area (Å²) in [7, 11) is 0. The van der Waals surface area contributed by atoms with Crippen LogP contribution in [0.5, 0.6) is 0 Å². The van der Waals surface area contributed by atoms with Crippen LogP contribution in [0.4, 0.5) is 4.79 Å². The number of amides is 3. The van der Waals surface area contributed by atoms with Crippen molar-refractivity contribution in [2.24, 2.45) is 11.7 Å². The predicted octanol–water partition coefficient (Wildman–Crippen LogP) is 5.14. The molecule has 0 saturated carbocycles. The number of hydrogen-bond acceptors (Lipinski definition) is 3. The lowest BCUT2D eigenvalue weighted by atomic mass is 9.93. The van der Waals surface area contributed by atoms with Crippen LogP contribution < -0.4 is 11.1 Å². The molecular formula is C27H36BrClN4O2. The van der Waals surface area contributed by atoms with Crippen molar-refractivity contribution in [2.45, 2.75) is 63.8 Å². The van der Waals surface area contributed by atoms with Crippen LogP contribution in [0.1, 0.15) is 56.1 Å². The van der Waals surface area contributed by atoms with E-state index in [1.807, 2.05) is 17.2 Å². The Morgan fingerprint density at radius 3 is 2.49 bits per heavy atom. The quantitative estimate of drug-likeness (QED) is 0.523. The third-order valence-electron chi connectivity index (χ3n) is 7.57. The van der Waals surface area contributed by atoms with Crippen LogP contribution >= 0.6 is 27.5 Å². The molecule has 35 heavy (non-hydrogen) atoms. The number of urea groups is 1. The molecule has 0 bridgehead atoms. The summed E-state index contributed by atoms with van der Waals surface area (Å²) in [6.07, 6.45) is 13.5. The van der Waals surface area contributed by atoms with Crippen molar-refractivity contribution in [1.29, 1.82) is 0 Å². The monoisotopic (exact) mass is 562 g/mol. The average Bonchev–Trinajstić information content (AvgIpc) is 3.04. The number of dihydropyridines is 1. The number of allylic oxidation sites excluding steroid dienone is 2. The molecule has 6 nitrogen and oxygen atoms in total. The maximum absolute atomic E-state index is 12.1. The predicted molar refractivity (Wildman–Crippen MR) is 144 cm³/mol. The number of fused-ring (bicyclic) bond motifs is 2. The number of likely N-dealkylation sites (tertiary alicyclic amines) is 2. The number of nitrogens with zero attached hydrogens (tertiary/aromatic N) is 2. The fourth-order valence-electron chi connectivity index (χ4n) is 5.45. The van der Waals surface area contributed by atoms with E-state index in [1.54, 1.807) is 4.90 Å². The number of rotatable bonds is 2. The molecule has 3 aliphatic heterocycles. The maximum Gasteiger partial charge on any atom is 0.314 e. The molecule has 190 valence electrons. The van der Waals surface area contributed by atoms with Gasteiger partial charge in [0.2, 0.25) is 5.91 Å². The SMILES string of the molecule is Clc1ccc2c(c1)CCC1=CC(Br)=CNC1C2.NC(=O)N1CCC(CC(=O)N2CCCCC2)CC1. The summed E-state index contributed by atoms with van der Waals surface area (Å²) in [6.45, 7) is 3.26. The van der Waals surface area contributed by atoms with Gasteiger partial charge in [-0.3, -0.25) is 4.79 Å². The number of carbonyl (C=O) groups excluding carboxylic acids is 2. The van der Waals surface area contributed by atoms with Crippen LogP contribution in [0, 0.1) is 5.92 Å². The van der Waals surface area contributed by atoms with Gasteiger partial charge in [-0.05, 0) is 108 Å². The topological polar surface area (TPSA) is 78.7 Å². The van der Waals surface area contributed by atoms with E-state index >= 15 is 0 Å². The second kappa shape index (κ2) is 12.3. The largest absolute Gasteiger partial charge is 0.383 e. The number of benzene rings is 1. The van der Waals surface area contributed by atoms with Crippen LogP contribution in [0.25, 0.3) is 0 Å². The second-order valence-electron chi connectivity index (χ2n) is 10.00. The van der Waals surface area contributed by atoms with Gasteiger partial charge in [-0.1, -0.05) is 17.7 Å². The Hall–Kier alpha value is -1.99. The standard InChI is InChI=1S/C14H13BrClN.C13H23N3O2/c15-12-5-11-2-1-9-6-13(16)4-3-10(9)7-14(11)17-8-12;14-13(18)16-8-4-11(5-9-16)10-12(17)15-6-2-1-3-7-15/h3-6,8,14,17H,1-2,7H2;11H,1-10H2,(H2,14,18). The van der Waals surface area contributed by atoms with Crippen molar-refractivity contribution in [3.8, 4) is 0 Å². The van der Waals surface area contributed by atoms with Gasteiger partial charge in [0.15, 0.2) is 0 Å². The van der Waals surface area contributed by atoms with Gasteiger partial charge in [0.05, 0.1) is 6.04 Å². The molecule has 0 spiro atoms. The molecule has 1 aliphatic carbocycles. The summed E-state index contributed by atoms with van der Waals surface area (Å²) in [5.74, 6) is 0.724. The van der Waals surface area contributed by atoms with Crippen molar-refractivity contribution in [3.63, 3.8) is 0 Å². The zero-order chi connectivity index (χ0) is 24.8. The van der Waals surface area contributed by atoms with Gasteiger partial charge in [0.1, 0.15) is 0 Å². The first-order valence-corrected chi connectivity index (χ1v) is 14.0. The molecule has 4 aliphatic rings. The molecule has 1 unspecified atom stereocenters. The highest BCUT2D eigenvalue weighted by Gasteiger charge is 2.26. The third-order valence-corrected chi connectivity index (χ3v) is 8.26. The third kappa shape index (κ3) is 7.26. The number of primary amides is 1. The van der Waals surface area contributed by atoms with E-state index < -0.39 is 0 Å². The fourth-order valence-corrected chi connectivity index (χ4v) is 6.07. The summed E-state index contributed by atoms with van der Waals surface area (Å²) in [5.41, 5.74) is 9.53. The van der Waals surface area contributed by atoms with E-state index in [1.165, 1.54) is 23.1 Å². The molecule has 3 amide bonds. The number of nitrogens with two attached hydrogens (primary N) is 1. The molecule has 5 rings (SSSR count). The highest BCUT2D eigenvalue weighted by molar-refractivity contribution is 9.11. The van der Waals surface area contributed by atoms with Gasteiger partial charge in [0, 0.05) is 48.3 Å². The van der Waals surface area contributed by atoms with Crippen LogP contribution in [0.3, 0.4) is 0 Å². The number of piperidine rings is 2. The zero-order valence-corrected chi connectivity index (χ0v) is 22.6. The Kier molecular flexibility index (Phi) is 9.17. The van der Waals surface area contributed by atoms with Crippen LogP contribution in [-0.2, 0) is 17.6 Å². The molecule has 1 atom stereocenters. The summed E-state index contributed by atoms with van der Waals surface area (Å²) >= 11 is 9.58. The minimum atomic E-state index is -0.337. The van der Waals surface area contributed by atoms with E-state index in [-0.39, 0.29) is 6.03 Å². The van der Waals surface area contributed by atoms with E-state index in [2.05, 4.69) is 39.5 Å². The van der Waals surface area contributed by atoms with Gasteiger partial charge < -0.3 is 20.9 Å². The first-order chi connectivity index (χ1) is 16.9. The Morgan fingerprint density at radius 2 is 1.77 bits per heavy atom. The minimum Gasteiger partial charge on any atom is -0.383 e. The number of carbonyl (C=O) groups is 2. The van der Waals surface area contributed by atoms with Gasteiger partial charge in [0.25, 0.3) is 0 Å². The van der Waals surface area contributed by atoms with Crippen molar-refractivity contribution < 1.29 is 9.59 Å². The van der Waals surface area contributed by atoms with Crippen molar-refractivity contribution in [1.82, 2.24) is 15.1 Å². The first kappa shape index (κ1) is 26.1. The highest BCUT2D eigenvalue weighted by Crippen LogP contribution is 2.30. The lowest BCUT2D eigenvalue weighted by Crippen LogP contribution is -2.43. The van der Waals surface area contributed by atoms with Crippen LogP contribution in [0.2, 0.25) is 5.02 Å². The van der Waals surface area contributed by atoms with Crippen molar-refractivity contribution in [2.75, 3.05) is 26.2 Å². The van der Waals surface area contributed by atoms with Gasteiger partial charge >= 0.3 is 6.03 Å². The fraction of sp³-hybridized carbons (Fsp3) is 0.556. The lowest BCUT2D eigenvalue weighted by molar-refractivity contribution is -0.133. The molecule has 1 aromatic rings. The molecule has 3 N–H and O–H groups in total. The Morgan fingerprint density at radius 1 is 1.03 bits per heavy atom. The highest BCUT2D eigenvalue weighted by atomic mass is 79.9. The number of aryl methyl sites for hydroxylation is 1. The van der Waals surface area contributed by atoms with Gasteiger partial charge in [-0.2, -0.15) is 0 Å². The molecule has 0 radical (unpaired) electrons. The first-order valence-electron chi connectivity index (χ1n) is 12.8. The molecular weight excluding hydrogens is 528 g/mol. The molecule has 2 fully saturated rings. The minimum absolute atomic E-state index is 0.298. The van der Waals surface area contributed by atoms with Crippen LogP contribution in [0.15, 0.2) is 40.5 Å². The number of hydrogen-bond donors (Lipinski definition) is 2. The summed E-state index contributed by atoms with van der Waals surface area (Å²) in [4.78, 5) is 26.8. The molecule has 1 aromatic carbocycles. The summed E-state index contributed by atoms with van der Waals surface area (Å²) in [5, 5.41) is 4.30. The van der Waals surface area contributed by atoms with E-state index in [0.29, 0.717) is 37.4 Å². The van der Waals surface area contributed by atoms with Gasteiger partial charge in [-0.15, -0.1) is 0 Å².